The largest absolute Gasteiger partial charge is 0.465 e. The van der Waals surface area contributed by atoms with E-state index in [-0.39, 0.29) is 18.6 Å². The van der Waals surface area contributed by atoms with Crippen LogP contribution in [0.25, 0.3) is 0 Å². The molecule has 1 saturated carbocycles. The van der Waals surface area contributed by atoms with Gasteiger partial charge >= 0.3 is 12.0 Å². The molecule has 98 valence electrons. The lowest BCUT2D eigenvalue weighted by atomic mass is 9.86. The van der Waals surface area contributed by atoms with Crippen molar-refractivity contribution in [3.05, 3.63) is 0 Å². The van der Waals surface area contributed by atoms with Gasteiger partial charge in [0, 0.05) is 6.04 Å². The van der Waals surface area contributed by atoms with Gasteiger partial charge in [-0.15, -0.1) is 0 Å². The van der Waals surface area contributed by atoms with Crippen molar-refractivity contribution in [2.24, 2.45) is 5.92 Å². The summed E-state index contributed by atoms with van der Waals surface area (Å²) in [6.07, 6.45) is 4.58. The van der Waals surface area contributed by atoms with E-state index in [1.54, 1.807) is 6.92 Å². The van der Waals surface area contributed by atoms with Gasteiger partial charge in [0.05, 0.1) is 6.61 Å². The molecule has 0 aromatic carbocycles. The molecule has 0 aromatic heterocycles. The van der Waals surface area contributed by atoms with E-state index >= 15 is 0 Å². The van der Waals surface area contributed by atoms with Crippen LogP contribution in [-0.4, -0.2) is 31.2 Å². The smallest absolute Gasteiger partial charge is 0.325 e. The summed E-state index contributed by atoms with van der Waals surface area (Å²) in [5.74, 6) is 0.108. The molecule has 0 aliphatic heterocycles. The fourth-order valence-corrected chi connectivity index (χ4v) is 2.11. The van der Waals surface area contributed by atoms with E-state index in [9.17, 15) is 9.59 Å². The van der Waals surface area contributed by atoms with E-state index in [1.165, 1.54) is 6.42 Å². The first-order valence-electron chi connectivity index (χ1n) is 6.33. The fourth-order valence-electron chi connectivity index (χ4n) is 2.11. The summed E-state index contributed by atoms with van der Waals surface area (Å²) >= 11 is 0. The molecule has 1 rings (SSSR count). The molecule has 17 heavy (non-hydrogen) atoms. The first kappa shape index (κ1) is 13.8. The topological polar surface area (TPSA) is 67.4 Å². The van der Waals surface area contributed by atoms with Crippen LogP contribution in [0.4, 0.5) is 4.79 Å². The predicted molar refractivity (Wildman–Crippen MR) is 64.6 cm³/mol. The van der Waals surface area contributed by atoms with Gasteiger partial charge in [-0.2, -0.15) is 0 Å². The number of hydrogen-bond donors (Lipinski definition) is 2. The Morgan fingerprint density at radius 3 is 2.65 bits per heavy atom. The molecule has 0 aromatic rings. The highest BCUT2D eigenvalue weighted by Crippen LogP contribution is 2.23. The molecule has 1 aliphatic carbocycles. The summed E-state index contributed by atoms with van der Waals surface area (Å²) in [4.78, 5) is 22.6. The van der Waals surface area contributed by atoms with Gasteiger partial charge in [-0.25, -0.2) is 4.79 Å². The Labute approximate surface area is 102 Å². The van der Waals surface area contributed by atoms with Gasteiger partial charge in [-0.1, -0.05) is 19.8 Å². The van der Waals surface area contributed by atoms with Crippen molar-refractivity contribution in [2.45, 2.75) is 45.6 Å². The third-order valence-electron chi connectivity index (χ3n) is 3.13. The maximum atomic E-state index is 11.5. The Morgan fingerprint density at radius 1 is 1.29 bits per heavy atom. The Morgan fingerprint density at radius 2 is 2.00 bits per heavy atom. The van der Waals surface area contributed by atoms with Crippen molar-refractivity contribution in [1.82, 2.24) is 10.6 Å². The highest BCUT2D eigenvalue weighted by molar-refractivity contribution is 5.80. The van der Waals surface area contributed by atoms with Gasteiger partial charge in [0.1, 0.15) is 6.54 Å². The second-order valence-electron chi connectivity index (χ2n) is 4.50. The van der Waals surface area contributed by atoms with E-state index in [4.69, 9.17) is 4.74 Å². The first-order valence-corrected chi connectivity index (χ1v) is 6.33. The van der Waals surface area contributed by atoms with Crippen LogP contribution in [-0.2, 0) is 9.53 Å². The maximum absolute atomic E-state index is 11.5. The summed E-state index contributed by atoms with van der Waals surface area (Å²) in [6, 6.07) is -0.0530. The van der Waals surface area contributed by atoms with Gasteiger partial charge in [0.15, 0.2) is 0 Å². The number of carbonyl (C=O) groups excluding carboxylic acids is 2. The number of carbonyl (C=O) groups is 2. The van der Waals surface area contributed by atoms with Crippen LogP contribution >= 0.6 is 0 Å². The Bertz CT molecular complexity index is 268. The van der Waals surface area contributed by atoms with Gasteiger partial charge < -0.3 is 15.4 Å². The van der Waals surface area contributed by atoms with E-state index in [0.717, 1.165) is 19.3 Å². The van der Waals surface area contributed by atoms with Gasteiger partial charge in [0.2, 0.25) is 0 Å². The van der Waals surface area contributed by atoms with E-state index < -0.39 is 5.97 Å². The molecule has 0 bridgehead atoms. The Balaban J connectivity index is 2.22. The van der Waals surface area contributed by atoms with Crippen LogP contribution in [0.1, 0.15) is 39.5 Å². The molecule has 2 amide bonds. The zero-order chi connectivity index (χ0) is 12.7. The van der Waals surface area contributed by atoms with Crippen LogP contribution in [0.2, 0.25) is 0 Å². The van der Waals surface area contributed by atoms with Crippen molar-refractivity contribution in [3.63, 3.8) is 0 Å². The minimum absolute atomic E-state index is 0.0687. The lowest BCUT2D eigenvalue weighted by molar-refractivity contribution is -0.141. The minimum Gasteiger partial charge on any atom is -0.465 e. The summed E-state index contributed by atoms with van der Waals surface area (Å²) in [7, 11) is 0. The van der Waals surface area contributed by atoms with Gasteiger partial charge in [-0.3, -0.25) is 4.79 Å². The van der Waals surface area contributed by atoms with Gasteiger partial charge in [0.25, 0.3) is 0 Å². The number of hydrogen-bond acceptors (Lipinski definition) is 3. The summed E-state index contributed by atoms with van der Waals surface area (Å²) in [5.41, 5.74) is 0. The fraction of sp³-hybridized carbons (Fsp3) is 0.833. The molecular weight excluding hydrogens is 220 g/mol. The monoisotopic (exact) mass is 242 g/mol. The quantitative estimate of drug-likeness (QED) is 0.733. The molecule has 2 N–H and O–H groups in total. The standard InChI is InChI=1S/C12H22N2O3/c1-3-17-11(15)8-13-12(16)14-10-7-5-4-6-9(10)2/h9-10H,3-8H2,1-2H3,(H2,13,14,16)/t9-,10-/m1/s1. The average molecular weight is 242 g/mol. The van der Waals surface area contributed by atoms with Crippen molar-refractivity contribution < 1.29 is 14.3 Å². The molecule has 0 saturated heterocycles. The molecule has 1 fully saturated rings. The number of esters is 1. The second-order valence-corrected chi connectivity index (χ2v) is 4.50. The molecule has 0 spiro atoms. The lowest BCUT2D eigenvalue weighted by Crippen LogP contribution is -2.47. The van der Waals surface area contributed by atoms with Crippen molar-refractivity contribution >= 4 is 12.0 Å². The Kier molecular flexibility index (Phi) is 5.80. The van der Waals surface area contributed by atoms with Crippen LogP contribution < -0.4 is 10.6 Å². The van der Waals surface area contributed by atoms with E-state index in [2.05, 4.69) is 17.6 Å². The molecule has 0 heterocycles. The maximum Gasteiger partial charge on any atom is 0.325 e. The number of rotatable bonds is 4. The van der Waals surface area contributed by atoms with Gasteiger partial charge in [-0.05, 0) is 25.7 Å². The van der Waals surface area contributed by atoms with Crippen molar-refractivity contribution in [1.29, 1.82) is 0 Å². The molecule has 0 unspecified atom stereocenters. The molecule has 5 nitrogen and oxygen atoms in total. The summed E-state index contributed by atoms with van der Waals surface area (Å²) in [6.45, 7) is 4.15. The zero-order valence-electron chi connectivity index (χ0n) is 10.6. The highest BCUT2D eigenvalue weighted by Gasteiger charge is 2.22. The molecule has 0 radical (unpaired) electrons. The van der Waals surface area contributed by atoms with Crippen LogP contribution in [0, 0.1) is 5.92 Å². The highest BCUT2D eigenvalue weighted by atomic mass is 16.5. The lowest BCUT2D eigenvalue weighted by Gasteiger charge is -2.29. The Hall–Kier alpha value is -1.26. The average Bonchev–Trinajstić information content (AvgIpc) is 2.30. The molecule has 5 heteroatoms. The zero-order valence-corrected chi connectivity index (χ0v) is 10.6. The van der Waals surface area contributed by atoms with Crippen molar-refractivity contribution in [2.75, 3.05) is 13.2 Å². The molecular formula is C12H22N2O3. The third-order valence-corrected chi connectivity index (χ3v) is 3.13. The van der Waals surface area contributed by atoms with Crippen LogP contribution in [0.3, 0.4) is 0 Å². The van der Waals surface area contributed by atoms with Crippen molar-refractivity contribution in [3.8, 4) is 0 Å². The van der Waals surface area contributed by atoms with E-state index in [1.807, 2.05) is 0 Å². The minimum atomic E-state index is -0.403. The molecule has 1 aliphatic rings. The number of nitrogens with one attached hydrogen (secondary N) is 2. The van der Waals surface area contributed by atoms with E-state index in [0.29, 0.717) is 12.5 Å². The third kappa shape index (κ3) is 5.06. The van der Waals surface area contributed by atoms with Crippen LogP contribution in [0.5, 0.6) is 0 Å². The predicted octanol–water partition coefficient (Wildman–Crippen LogP) is 1.43. The summed E-state index contributed by atoms with van der Waals surface area (Å²) < 4.78 is 4.72. The molecule has 2 atom stereocenters. The van der Waals surface area contributed by atoms with Crippen LogP contribution in [0.15, 0.2) is 0 Å². The number of ether oxygens (including phenoxy) is 1. The second kappa shape index (κ2) is 7.14. The SMILES string of the molecule is CCOC(=O)CNC(=O)N[C@@H]1CCCC[C@H]1C. The normalized spacial score (nSPS) is 23.9. The number of urea groups is 1. The number of amides is 2. The first-order chi connectivity index (χ1) is 8.13. The summed E-state index contributed by atoms with van der Waals surface area (Å²) in [5, 5.41) is 5.42.